The summed E-state index contributed by atoms with van der Waals surface area (Å²) in [6, 6.07) is 19.2. The van der Waals surface area contributed by atoms with E-state index in [1.54, 1.807) is 25.1 Å². The molecule has 0 fully saturated rings. The maximum Gasteiger partial charge on any atom is 0.416 e. The second-order valence-corrected chi connectivity index (χ2v) is 6.70. The summed E-state index contributed by atoms with van der Waals surface area (Å²) in [6.07, 6.45) is -4.41. The van der Waals surface area contributed by atoms with Crippen LogP contribution in [-0.4, -0.2) is 11.1 Å². The van der Waals surface area contributed by atoms with Gasteiger partial charge in [0.1, 0.15) is 12.4 Å². The van der Waals surface area contributed by atoms with Crippen molar-refractivity contribution in [2.45, 2.75) is 25.6 Å². The third kappa shape index (κ3) is 5.16. The Morgan fingerprint density at radius 2 is 1.62 bits per heavy atom. The summed E-state index contributed by atoms with van der Waals surface area (Å²) in [5, 5.41) is 9.36. The first-order valence-electron chi connectivity index (χ1n) is 8.96. The number of hydrogen-bond donors (Lipinski definition) is 1. The van der Waals surface area contributed by atoms with Crippen LogP contribution in [0.2, 0.25) is 0 Å². The van der Waals surface area contributed by atoms with E-state index < -0.39 is 23.6 Å². The average molecular weight is 400 g/mol. The molecule has 150 valence electrons. The topological polar surface area (TPSA) is 46.5 Å². The van der Waals surface area contributed by atoms with Crippen molar-refractivity contribution in [3.63, 3.8) is 0 Å². The minimum atomic E-state index is -4.41. The van der Waals surface area contributed by atoms with Crippen molar-refractivity contribution in [2.24, 2.45) is 0 Å². The minimum absolute atomic E-state index is 0.290. The van der Waals surface area contributed by atoms with Gasteiger partial charge in [0.2, 0.25) is 0 Å². The van der Waals surface area contributed by atoms with E-state index >= 15 is 0 Å². The molecule has 0 radical (unpaired) electrons. The highest BCUT2D eigenvalue weighted by atomic mass is 19.4. The van der Waals surface area contributed by atoms with Gasteiger partial charge < -0.3 is 9.84 Å². The molecule has 0 bridgehead atoms. The summed E-state index contributed by atoms with van der Waals surface area (Å²) < 4.78 is 44.3. The molecular weight excluding hydrogens is 381 g/mol. The molecule has 1 atom stereocenters. The SMILES string of the molecule is CC(C(=O)O)c1cc(OCc2ccccc2)cc(-c2ccc(C(F)(F)F)cc2)c1. The molecular formula is C23H19F3O3. The summed E-state index contributed by atoms with van der Waals surface area (Å²) in [6.45, 7) is 1.84. The van der Waals surface area contributed by atoms with E-state index in [2.05, 4.69) is 0 Å². The third-order valence-electron chi connectivity index (χ3n) is 4.59. The van der Waals surface area contributed by atoms with E-state index in [1.165, 1.54) is 12.1 Å². The number of ether oxygens (including phenoxy) is 1. The molecule has 0 aliphatic carbocycles. The number of aliphatic carboxylic acids is 1. The molecule has 0 aliphatic rings. The maximum absolute atomic E-state index is 12.8. The Morgan fingerprint density at radius 1 is 0.966 bits per heavy atom. The van der Waals surface area contributed by atoms with Crippen molar-refractivity contribution >= 4 is 5.97 Å². The Kier molecular flexibility index (Phi) is 5.92. The van der Waals surface area contributed by atoms with Crippen LogP contribution in [0.3, 0.4) is 0 Å². The van der Waals surface area contributed by atoms with Crippen molar-refractivity contribution in [2.75, 3.05) is 0 Å². The molecule has 6 heteroatoms. The zero-order valence-electron chi connectivity index (χ0n) is 15.6. The van der Waals surface area contributed by atoms with Crippen LogP contribution in [-0.2, 0) is 17.6 Å². The molecule has 0 aliphatic heterocycles. The molecule has 0 heterocycles. The van der Waals surface area contributed by atoms with E-state index in [-0.39, 0.29) is 6.61 Å². The molecule has 0 saturated heterocycles. The van der Waals surface area contributed by atoms with Gasteiger partial charge in [-0.1, -0.05) is 48.5 Å². The summed E-state index contributed by atoms with van der Waals surface area (Å²) in [5.41, 5.74) is 1.85. The van der Waals surface area contributed by atoms with Gasteiger partial charge in [-0.3, -0.25) is 4.79 Å². The summed E-state index contributed by atoms with van der Waals surface area (Å²) in [5.74, 6) is -1.33. The van der Waals surface area contributed by atoms with Gasteiger partial charge in [0.25, 0.3) is 0 Å². The fraction of sp³-hybridized carbons (Fsp3) is 0.174. The molecule has 0 amide bonds. The number of hydrogen-bond acceptors (Lipinski definition) is 2. The van der Waals surface area contributed by atoms with Crippen LogP contribution in [0.1, 0.15) is 29.5 Å². The number of alkyl halides is 3. The summed E-state index contributed by atoms with van der Waals surface area (Å²) >= 11 is 0. The first kappa shape index (κ1) is 20.5. The van der Waals surface area contributed by atoms with Gasteiger partial charge in [-0.25, -0.2) is 0 Å². The number of benzene rings is 3. The molecule has 3 nitrogen and oxygen atoms in total. The van der Waals surface area contributed by atoms with Crippen LogP contribution >= 0.6 is 0 Å². The first-order chi connectivity index (χ1) is 13.7. The van der Waals surface area contributed by atoms with E-state index in [0.717, 1.165) is 17.7 Å². The van der Waals surface area contributed by atoms with Crippen LogP contribution < -0.4 is 4.74 Å². The van der Waals surface area contributed by atoms with E-state index in [0.29, 0.717) is 22.4 Å². The highest BCUT2D eigenvalue weighted by Gasteiger charge is 2.30. The monoisotopic (exact) mass is 400 g/mol. The lowest BCUT2D eigenvalue weighted by Crippen LogP contribution is -2.08. The standard InChI is InChI=1S/C23H19F3O3/c1-15(22(27)28)18-11-19(17-7-9-20(10-8-17)23(24,25)26)13-21(12-18)29-14-16-5-3-2-4-6-16/h2-13,15H,14H2,1H3,(H,27,28). The van der Waals surface area contributed by atoms with Gasteiger partial charge in [0.05, 0.1) is 11.5 Å². The molecule has 1 N–H and O–H groups in total. The Bertz CT molecular complexity index is 980. The molecule has 3 aromatic rings. The highest BCUT2D eigenvalue weighted by molar-refractivity contribution is 5.77. The predicted molar refractivity (Wildman–Crippen MR) is 104 cm³/mol. The van der Waals surface area contributed by atoms with Crippen molar-refractivity contribution in [3.8, 4) is 16.9 Å². The van der Waals surface area contributed by atoms with Crippen LogP contribution in [0.25, 0.3) is 11.1 Å². The average Bonchev–Trinajstić information content (AvgIpc) is 2.71. The number of rotatable bonds is 6. The molecule has 29 heavy (non-hydrogen) atoms. The number of carboxylic acids is 1. The number of carboxylic acid groups (broad SMARTS) is 1. The van der Waals surface area contributed by atoms with Crippen LogP contribution in [0.4, 0.5) is 13.2 Å². The summed E-state index contributed by atoms with van der Waals surface area (Å²) in [4.78, 5) is 11.4. The lowest BCUT2D eigenvalue weighted by molar-refractivity contribution is -0.138. The quantitative estimate of drug-likeness (QED) is 0.541. The Balaban J connectivity index is 1.94. The van der Waals surface area contributed by atoms with Gasteiger partial charge in [0.15, 0.2) is 0 Å². The lowest BCUT2D eigenvalue weighted by Gasteiger charge is -2.14. The van der Waals surface area contributed by atoms with Crippen LogP contribution in [0.15, 0.2) is 72.8 Å². The molecule has 0 saturated carbocycles. The first-order valence-corrected chi connectivity index (χ1v) is 8.96. The predicted octanol–water partition coefficient (Wildman–Crippen LogP) is 6.14. The highest BCUT2D eigenvalue weighted by Crippen LogP contribution is 2.33. The Labute approximate surface area is 166 Å². The summed E-state index contributed by atoms with van der Waals surface area (Å²) in [7, 11) is 0. The smallest absolute Gasteiger partial charge is 0.416 e. The fourth-order valence-corrected chi connectivity index (χ4v) is 2.86. The van der Waals surface area contributed by atoms with Crippen molar-refractivity contribution in [1.82, 2.24) is 0 Å². The lowest BCUT2D eigenvalue weighted by atomic mass is 9.95. The van der Waals surface area contributed by atoms with Gasteiger partial charge in [-0.05, 0) is 53.4 Å². The van der Waals surface area contributed by atoms with Crippen molar-refractivity contribution in [1.29, 1.82) is 0 Å². The van der Waals surface area contributed by atoms with Crippen LogP contribution in [0, 0.1) is 0 Å². The van der Waals surface area contributed by atoms with E-state index in [1.807, 2.05) is 30.3 Å². The zero-order chi connectivity index (χ0) is 21.0. The number of carbonyl (C=O) groups is 1. The largest absolute Gasteiger partial charge is 0.489 e. The maximum atomic E-state index is 12.8. The molecule has 3 rings (SSSR count). The van der Waals surface area contributed by atoms with Crippen molar-refractivity contribution < 1.29 is 27.8 Å². The van der Waals surface area contributed by atoms with Gasteiger partial charge >= 0.3 is 12.1 Å². The third-order valence-corrected chi connectivity index (χ3v) is 4.59. The molecule has 0 aromatic heterocycles. The van der Waals surface area contributed by atoms with E-state index in [4.69, 9.17) is 4.74 Å². The zero-order valence-corrected chi connectivity index (χ0v) is 15.6. The number of halogens is 3. The molecule has 0 spiro atoms. The van der Waals surface area contributed by atoms with Gasteiger partial charge in [-0.2, -0.15) is 13.2 Å². The second kappa shape index (κ2) is 8.39. The fourth-order valence-electron chi connectivity index (χ4n) is 2.86. The normalized spacial score (nSPS) is 12.4. The van der Waals surface area contributed by atoms with E-state index in [9.17, 15) is 23.1 Å². The second-order valence-electron chi connectivity index (χ2n) is 6.70. The van der Waals surface area contributed by atoms with Gasteiger partial charge in [0, 0.05) is 0 Å². The molecule has 3 aromatic carbocycles. The van der Waals surface area contributed by atoms with Crippen LogP contribution in [0.5, 0.6) is 5.75 Å². The van der Waals surface area contributed by atoms with Gasteiger partial charge in [-0.15, -0.1) is 0 Å². The Hall–Kier alpha value is -3.28. The molecule has 1 unspecified atom stereocenters. The minimum Gasteiger partial charge on any atom is -0.489 e. The van der Waals surface area contributed by atoms with Crippen molar-refractivity contribution in [3.05, 3.63) is 89.5 Å². The Morgan fingerprint density at radius 3 is 2.21 bits per heavy atom.